The van der Waals surface area contributed by atoms with Gasteiger partial charge in [-0.3, -0.25) is 4.79 Å². The maximum Gasteiger partial charge on any atom is 0.226 e. The van der Waals surface area contributed by atoms with Crippen molar-refractivity contribution in [2.45, 2.75) is 39.5 Å². The van der Waals surface area contributed by atoms with E-state index in [4.69, 9.17) is 9.84 Å². The number of aromatic nitrogens is 2. The molecule has 174 valence electrons. The van der Waals surface area contributed by atoms with Crippen LogP contribution in [0.5, 0.6) is 11.6 Å². The summed E-state index contributed by atoms with van der Waals surface area (Å²) in [5.41, 5.74) is 3.55. The molecular weight excluding hydrogens is 419 g/mol. The van der Waals surface area contributed by atoms with Crippen LogP contribution in [0, 0.1) is 19.7 Å². The van der Waals surface area contributed by atoms with Gasteiger partial charge in [0.1, 0.15) is 11.6 Å². The zero-order chi connectivity index (χ0) is 23.2. The normalized spacial score (nSPS) is 13.9. The quantitative estimate of drug-likeness (QED) is 0.519. The third-order valence-electron chi connectivity index (χ3n) is 6.04. The van der Waals surface area contributed by atoms with Gasteiger partial charge in [0.25, 0.3) is 0 Å². The van der Waals surface area contributed by atoms with Gasteiger partial charge in [0, 0.05) is 31.1 Å². The van der Waals surface area contributed by atoms with Crippen LogP contribution in [-0.2, 0) is 11.2 Å². The molecule has 1 N–H and O–H groups in total. The van der Waals surface area contributed by atoms with E-state index < -0.39 is 0 Å². The molecule has 1 aliphatic rings. The van der Waals surface area contributed by atoms with Crippen LogP contribution in [0.3, 0.4) is 0 Å². The molecule has 0 bridgehead atoms. The second kappa shape index (κ2) is 10.6. The number of hydrogen-bond donors (Lipinski definition) is 1. The highest BCUT2D eigenvalue weighted by Crippen LogP contribution is 2.32. The van der Waals surface area contributed by atoms with Crippen LogP contribution < -0.4 is 10.1 Å². The Kier molecular flexibility index (Phi) is 7.40. The summed E-state index contributed by atoms with van der Waals surface area (Å²) in [5, 5.41) is 7.74. The highest BCUT2D eigenvalue weighted by atomic mass is 19.1. The first-order valence-electron chi connectivity index (χ1n) is 11.6. The third-order valence-corrected chi connectivity index (χ3v) is 6.04. The summed E-state index contributed by atoms with van der Waals surface area (Å²) in [6.45, 7) is 7.71. The molecule has 1 aliphatic heterocycles. The summed E-state index contributed by atoms with van der Waals surface area (Å²) in [5.74, 6) is 0.539. The minimum atomic E-state index is -0.370. The zero-order valence-corrected chi connectivity index (χ0v) is 19.3. The van der Waals surface area contributed by atoms with Crippen LogP contribution in [0.25, 0.3) is 5.69 Å². The number of aryl methyl sites for hydroxylation is 2. The number of carbonyl (C=O) groups excluding carboxylic acids is 1. The van der Waals surface area contributed by atoms with Crippen molar-refractivity contribution >= 4 is 5.91 Å². The molecule has 3 aromatic rings. The van der Waals surface area contributed by atoms with Gasteiger partial charge in [-0.1, -0.05) is 24.3 Å². The summed E-state index contributed by atoms with van der Waals surface area (Å²) >= 11 is 0. The molecule has 0 saturated carbocycles. The Hall–Kier alpha value is -3.19. The van der Waals surface area contributed by atoms with Crippen molar-refractivity contribution < 1.29 is 13.9 Å². The topological polar surface area (TPSA) is 59.4 Å². The lowest BCUT2D eigenvalue weighted by Crippen LogP contribution is -2.33. The Balaban J connectivity index is 1.52. The van der Waals surface area contributed by atoms with Gasteiger partial charge < -0.3 is 15.0 Å². The van der Waals surface area contributed by atoms with Crippen molar-refractivity contribution in [1.82, 2.24) is 20.0 Å². The van der Waals surface area contributed by atoms with E-state index in [0.717, 1.165) is 42.1 Å². The Labute approximate surface area is 194 Å². The van der Waals surface area contributed by atoms with E-state index in [1.165, 1.54) is 25.0 Å². The smallest absolute Gasteiger partial charge is 0.226 e. The molecule has 33 heavy (non-hydrogen) atoms. The van der Waals surface area contributed by atoms with Gasteiger partial charge in [-0.25, -0.2) is 4.39 Å². The van der Waals surface area contributed by atoms with Gasteiger partial charge >= 0.3 is 0 Å². The number of benzene rings is 2. The molecule has 1 aromatic heterocycles. The van der Waals surface area contributed by atoms with E-state index in [9.17, 15) is 9.18 Å². The van der Waals surface area contributed by atoms with Crippen molar-refractivity contribution in [3.8, 4) is 17.3 Å². The molecule has 1 saturated heterocycles. The number of halogens is 1. The average Bonchev–Trinajstić information content (AvgIpc) is 3.41. The second-order valence-electron chi connectivity index (χ2n) is 8.53. The van der Waals surface area contributed by atoms with Crippen molar-refractivity contribution in [1.29, 1.82) is 0 Å². The van der Waals surface area contributed by atoms with Crippen molar-refractivity contribution in [2.75, 3.05) is 26.2 Å². The molecule has 7 heteroatoms. The van der Waals surface area contributed by atoms with Crippen LogP contribution in [0.2, 0.25) is 0 Å². The number of hydrogen-bond acceptors (Lipinski definition) is 4. The van der Waals surface area contributed by atoms with Crippen molar-refractivity contribution in [2.24, 2.45) is 0 Å². The minimum absolute atomic E-state index is 0.00828. The van der Waals surface area contributed by atoms with Gasteiger partial charge in [0.05, 0.1) is 11.4 Å². The Bertz CT molecular complexity index is 1110. The number of amides is 1. The van der Waals surface area contributed by atoms with Gasteiger partial charge in [-0.2, -0.15) is 9.78 Å². The summed E-state index contributed by atoms with van der Waals surface area (Å²) in [6.07, 6.45) is 3.30. The van der Waals surface area contributed by atoms with Gasteiger partial charge in [-0.05, 0) is 70.0 Å². The monoisotopic (exact) mass is 450 g/mol. The number of ether oxygens (including phenoxy) is 1. The highest BCUT2D eigenvalue weighted by Gasteiger charge is 2.21. The predicted molar refractivity (Wildman–Crippen MR) is 127 cm³/mol. The maximum atomic E-state index is 13.8. The molecular formula is C26H31FN4O2. The van der Waals surface area contributed by atoms with Crippen molar-refractivity contribution in [3.63, 3.8) is 0 Å². The molecule has 1 fully saturated rings. The fourth-order valence-electron chi connectivity index (χ4n) is 4.22. The van der Waals surface area contributed by atoms with Gasteiger partial charge in [0.2, 0.25) is 11.8 Å². The fourth-order valence-corrected chi connectivity index (χ4v) is 4.22. The lowest BCUT2D eigenvalue weighted by molar-refractivity contribution is -0.121. The number of rotatable bonds is 9. The molecule has 2 heterocycles. The Morgan fingerprint density at radius 3 is 2.67 bits per heavy atom. The van der Waals surface area contributed by atoms with E-state index in [-0.39, 0.29) is 11.7 Å². The first kappa shape index (κ1) is 23.0. The second-order valence-corrected chi connectivity index (χ2v) is 8.53. The molecule has 4 rings (SSSR count). The molecule has 1 amide bonds. The number of carbonyl (C=O) groups is 1. The molecule has 6 nitrogen and oxygen atoms in total. The molecule has 0 spiro atoms. The molecule has 0 atom stereocenters. The summed E-state index contributed by atoms with van der Waals surface area (Å²) < 4.78 is 21.7. The predicted octanol–water partition coefficient (Wildman–Crippen LogP) is 4.57. The molecule has 0 unspecified atom stereocenters. The van der Waals surface area contributed by atoms with Crippen LogP contribution in [-0.4, -0.2) is 46.8 Å². The fraction of sp³-hybridized carbons (Fsp3) is 0.385. The zero-order valence-electron chi connectivity index (χ0n) is 19.3. The van der Waals surface area contributed by atoms with E-state index in [0.29, 0.717) is 31.0 Å². The first-order chi connectivity index (χ1) is 16.0. The number of para-hydroxylation sites is 1. The van der Waals surface area contributed by atoms with Gasteiger partial charge in [0.15, 0.2) is 0 Å². The number of likely N-dealkylation sites (tertiary alicyclic amines) is 1. The SMILES string of the molecule is Cc1ccccc1-n1nc(C)c(CCC(=O)NCCN2CCCC2)c1Oc1cccc(F)c1. The van der Waals surface area contributed by atoms with E-state index in [1.54, 1.807) is 16.8 Å². The Morgan fingerprint density at radius 1 is 1.12 bits per heavy atom. The van der Waals surface area contributed by atoms with Crippen LogP contribution in [0.1, 0.15) is 36.1 Å². The van der Waals surface area contributed by atoms with Crippen molar-refractivity contribution in [3.05, 3.63) is 71.2 Å². The summed E-state index contributed by atoms with van der Waals surface area (Å²) in [7, 11) is 0. The highest BCUT2D eigenvalue weighted by molar-refractivity contribution is 5.76. The van der Waals surface area contributed by atoms with E-state index >= 15 is 0 Å². The molecule has 0 radical (unpaired) electrons. The first-order valence-corrected chi connectivity index (χ1v) is 11.6. The standard InChI is InChI=1S/C26H31FN4O2/c1-19-8-3-4-11-24(19)31-26(33-22-10-7-9-21(27)18-22)23(20(2)29-31)12-13-25(32)28-14-17-30-15-5-6-16-30/h3-4,7-11,18H,5-6,12-17H2,1-2H3,(H,28,32). The Morgan fingerprint density at radius 2 is 1.91 bits per heavy atom. The van der Waals surface area contributed by atoms with E-state index in [1.807, 2.05) is 38.1 Å². The largest absolute Gasteiger partial charge is 0.439 e. The lowest BCUT2D eigenvalue weighted by Gasteiger charge is -2.15. The molecule has 2 aromatic carbocycles. The number of nitrogens with zero attached hydrogens (tertiary/aromatic N) is 3. The third kappa shape index (κ3) is 5.79. The molecule has 0 aliphatic carbocycles. The number of nitrogens with one attached hydrogen (secondary N) is 1. The summed E-state index contributed by atoms with van der Waals surface area (Å²) in [4.78, 5) is 14.9. The van der Waals surface area contributed by atoms with Crippen LogP contribution >= 0.6 is 0 Å². The van der Waals surface area contributed by atoms with E-state index in [2.05, 4.69) is 10.2 Å². The lowest BCUT2D eigenvalue weighted by atomic mass is 10.1. The summed E-state index contributed by atoms with van der Waals surface area (Å²) in [6, 6.07) is 13.9. The average molecular weight is 451 g/mol. The van der Waals surface area contributed by atoms with Crippen LogP contribution in [0.15, 0.2) is 48.5 Å². The van der Waals surface area contributed by atoms with Gasteiger partial charge in [-0.15, -0.1) is 0 Å². The van der Waals surface area contributed by atoms with Crippen LogP contribution in [0.4, 0.5) is 4.39 Å². The maximum absolute atomic E-state index is 13.8. The minimum Gasteiger partial charge on any atom is -0.439 e.